The van der Waals surface area contributed by atoms with Gasteiger partial charge >= 0.3 is 5.97 Å². The zero-order chi connectivity index (χ0) is 15.6. The van der Waals surface area contributed by atoms with Crippen LogP contribution in [0, 0.1) is 5.92 Å². The lowest BCUT2D eigenvalue weighted by atomic mass is 9.88. The minimum absolute atomic E-state index is 0.0322. The third-order valence-corrected chi connectivity index (χ3v) is 4.00. The molecule has 2 aliphatic rings. The number of carboxylic acids is 1. The van der Waals surface area contributed by atoms with Crippen LogP contribution in [0.1, 0.15) is 46.5 Å². The van der Waals surface area contributed by atoms with Crippen molar-refractivity contribution in [3.8, 4) is 0 Å². The van der Waals surface area contributed by atoms with Gasteiger partial charge in [-0.3, -0.25) is 4.79 Å². The fourth-order valence-corrected chi connectivity index (χ4v) is 2.93. The van der Waals surface area contributed by atoms with Crippen LogP contribution >= 0.6 is 0 Å². The number of rotatable bonds is 6. The van der Waals surface area contributed by atoms with Crippen molar-refractivity contribution in [3.05, 3.63) is 0 Å². The largest absolute Gasteiger partial charge is 0.480 e. The second-order valence-electron chi connectivity index (χ2n) is 6.87. The average Bonchev–Trinajstić information content (AvgIpc) is 2.97. The van der Waals surface area contributed by atoms with Crippen LogP contribution in [0.4, 0.5) is 0 Å². The number of fused-ring (bicyclic) bond motifs is 2. The second-order valence-corrected chi connectivity index (χ2v) is 6.87. The fraction of sp³-hybridized carbons (Fsp3) is 0.867. The molecule has 0 aromatic carbocycles. The normalized spacial score (nSPS) is 29.4. The second kappa shape index (κ2) is 6.32. The van der Waals surface area contributed by atoms with E-state index >= 15 is 0 Å². The molecule has 0 radical (unpaired) electrons. The standard InChI is InChI=1S/C15H25NO5/c1-15(2,3)20-7-6-11(14(18)19)16-13(17)10-8-9-4-5-12(10)21-9/h9-12H,4-8H2,1-3H3,(H,16,17)(H,18,19). The van der Waals surface area contributed by atoms with Crippen molar-refractivity contribution in [1.29, 1.82) is 0 Å². The Bertz CT molecular complexity index is 403. The van der Waals surface area contributed by atoms with Gasteiger partial charge < -0.3 is 19.9 Å². The number of hydrogen-bond donors (Lipinski definition) is 2. The quantitative estimate of drug-likeness (QED) is 0.773. The SMILES string of the molecule is CC(C)(C)OCCC(NC(=O)C1CC2CCC1O2)C(=O)O. The molecule has 4 unspecified atom stereocenters. The Morgan fingerprint density at radius 2 is 2.10 bits per heavy atom. The molecule has 21 heavy (non-hydrogen) atoms. The van der Waals surface area contributed by atoms with Crippen LogP contribution in [0.5, 0.6) is 0 Å². The van der Waals surface area contributed by atoms with E-state index in [2.05, 4.69) is 5.32 Å². The van der Waals surface area contributed by atoms with Crippen LogP contribution in [-0.4, -0.2) is 47.4 Å². The molecule has 2 heterocycles. The van der Waals surface area contributed by atoms with E-state index in [-0.39, 0.29) is 36.1 Å². The number of carboxylic acid groups (broad SMARTS) is 1. The molecule has 0 aromatic rings. The maximum atomic E-state index is 12.2. The van der Waals surface area contributed by atoms with E-state index in [1.807, 2.05) is 20.8 Å². The first-order valence-electron chi connectivity index (χ1n) is 7.59. The summed E-state index contributed by atoms with van der Waals surface area (Å²) in [4.78, 5) is 23.5. The van der Waals surface area contributed by atoms with Crippen LogP contribution in [0.15, 0.2) is 0 Å². The van der Waals surface area contributed by atoms with Gasteiger partial charge in [0.1, 0.15) is 6.04 Å². The summed E-state index contributed by atoms with van der Waals surface area (Å²) in [6.07, 6.45) is 3.03. The molecular weight excluding hydrogens is 274 g/mol. The third kappa shape index (κ3) is 4.41. The molecule has 120 valence electrons. The van der Waals surface area contributed by atoms with E-state index in [0.29, 0.717) is 13.0 Å². The van der Waals surface area contributed by atoms with Crippen LogP contribution in [0.2, 0.25) is 0 Å². The molecule has 6 nitrogen and oxygen atoms in total. The number of ether oxygens (including phenoxy) is 2. The van der Waals surface area contributed by atoms with Gasteiger partial charge in [-0.15, -0.1) is 0 Å². The lowest BCUT2D eigenvalue weighted by Gasteiger charge is -2.23. The summed E-state index contributed by atoms with van der Waals surface area (Å²) in [6, 6.07) is -0.904. The summed E-state index contributed by atoms with van der Waals surface area (Å²) in [5.41, 5.74) is -0.314. The molecule has 0 aromatic heterocycles. The molecule has 2 N–H and O–H groups in total. The van der Waals surface area contributed by atoms with Crippen molar-refractivity contribution < 1.29 is 24.2 Å². The minimum Gasteiger partial charge on any atom is -0.480 e. The zero-order valence-corrected chi connectivity index (χ0v) is 12.9. The van der Waals surface area contributed by atoms with E-state index in [1.54, 1.807) is 0 Å². The molecule has 1 amide bonds. The third-order valence-electron chi connectivity index (χ3n) is 4.00. The van der Waals surface area contributed by atoms with Gasteiger partial charge in [0, 0.05) is 13.0 Å². The maximum absolute atomic E-state index is 12.2. The minimum atomic E-state index is -1.02. The van der Waals surface area contributed by atoms with E-state index in [0.717, 1.165) is 12.8 Å². The maximum Gasteiger partial charge on any atom is 0.326 e. The van der Waals surface area contributed by atoms with Crippen molar-refractivity contribution >= 4 is 11.9 Å². The highest BCUT2D eigenvalue weighted by Crippen LogP contribution is 2.38. The first-order valence-corrected chi connectivity index (χ1v) is 7.59. The number of hydrogen-bond acceptors (Lipinski definition) is 4. The van der Waals surface area contributed by atoms with Gasteiger partial charge in [0.05, 0.1) is 23.7 Å². The number of nitrogens with one attached hydrogen (secondary N) is 1. The summed E-state index contributed by atoms with van der Waals surface area (Å²) in [5, 5.41) is 11.9. The first-order chi connectivity index (χ1) is 9.76. The Balaban J connectivity index is 1.82. The molecule has 2 fully saturated rings. The molecule has 2 rings (SSSR count). The zero-order valence-electron chi connectivity index (χ0n) is 12.9. The highest BCUT2D eigenvalue weighted by molar-refractivity contribution is 5.85. The first kappa shape index (κ1) is 16.2. The highest BCUT2D eigenvalue weighted by atomic mass is 16.5. The van der Waals surface area contributed by atoms with Crippen molar-refractivity contribution in [2.45, 2.75) is 70.3 Å². The highest BCUT2D eigenvalue weighted by Gasteiger charge is 2.45. The predicted octanol–water partition coefficient (Wildman–Crippen LogP) is 1.33. The van der Waals surface area contributed by atoms with Gasteiger partial charge in [-0.1, -0.05) is 0 Å². The number of carbonyl (C=O) groups excluding carboxylic acids is 1. The molecule has 2 saturated heterocycles. The summed E-state index contributed by atoms with van der Waals surface area (Å²) in [6.45, 7) is 6.03. The lowest BCUT2D eigenvalue weighted by Crippen LogP contribution is -2.46. The predicted molar refractivity (Wildman–Crippen MR) is 75.9 cm³/mol. The van der Waals surface area contributed by atoms with Gasteiger partial charge in [-0.05, 0) is 40.0 Å². The molecule has 4 atom stereocenters. The number of aliphatic carboxylic acids is 1. The Kier molecular flexibility index (Phi) is 4.88. The van der Waals surface area contributed by atoms with Gasteiger partial charge in [-0.25, -0.2) is 4.79 Å². The lowest BCUT2D eigenvalue weighted by molar-refractivity contribution is -0.143. The van der Waals surface area contributed by atoms with Crippen LogP contribution in [-0.2, 0) is 19.1 Å². The van der Waals surface area contributed by atoms with Crippen LogP contribution in [0.3, 0.4) is 0 Å². The molecule has 2 aliphatic heterocycles. The molecule has 0 aliphatic carbocycles. The van der Waals surface area contributed by atoms with Gasteiger partial charge in [-0.2, -0.15) is 0 Å². The number of amides is 1. The smallest absolute Gasteiger partial charge is 0.326 e. The van der Waals surface area contributed by atoms with Crippen molar-refractivity contribution in [1.82, 2.24) is 5.32 Å². The monoisotopic (exact) mass is 299 g/mol. The van der Waals surface area contributed by atoms with Crippen molar-refractivity contribution in [3.63, 3.8) is 0 Å². The molecule has 0 saturated carbocycles. The van der Waals surface area contributed by atoms with Gasteiger partial charge in [0.25, 0.3) is 0 Å². The van der Waals surface area contributed by atoms with E-state index in [4.69, 9.17) is 9.47 Å². The molecular formula is C15H25NO5. The summed E-state index contributed by atoms with van der Waals surface area (Å²) in [5.74, 6) is -1.43. The molecule has 6 heteroatoms. The average molecular weight is 299 g/mol. The van der Waals surface area contributed by atoms with E-state index < -0.39 is 12.0 Å². The molecule has 2 bridgehead atoms. The molecule has 0 spiro atoms. The Hall–Kier alpha value is -1.14. The van der Waals surface area contributed by atoms with Crippen LogP contribution in [0.25, 0.3) is 0 Å². The van der Waals surface area contributed by atoms with Gasteiger partial charge in [0.15, 0.2) is 0 Å². The van der Waals surface area contributed by atoms with E-state index in [1.165, 1.54) is 0 Å². The van der Waals surface area contributed by atoms with Gasteiger partial charge in [0.2, 0.25) is 5.91 Å². The van der Waals surface area contributed by atoms with Crippen LogP contribution < -0.4 is 5.32 Å². The Morgan fingerprint density at radius 3 is 2.57 bits per heavy atom. The topological polar surface area (TPSA) is 84.9 Å². The summed E-state index contributed by atoms with van der Waals surface area (Å²) >= 11 is 0. The van der Waals surface area contributed by atoms with Crippen molar-refractivity contribution in [2.75, 3.05) is 6.61 Å². The summed E-state index contributed by atoms with van der Waals surface area (Å²) < 4.78 is 11.2. The summed E-state index contributed by atoms with van der Waals surface area (Å²) in [7, 11) is 0. The Morgan fingerprint density at radius 1 is 1.38 bits per heavy atom. The van der Waals surface area contributed by atoms with Crippen molar-refractivity contribution in [2.24, 2.45) is 5.92 Å². The number of carbonyl (C=O) groups is 2. The Labute approximate surface area is 125 Å². The van der Waals surface area contributed by atoms with E-state index in [9.17, 15) is 14.7 Å². The fourth-order valence-electron chi connectivity index (χ4n) is 2.93.